The Kier molecular flexibility index (Phi) is 5.72. The molecule has 0 aliphatic rings. The average Bonchev–Trinajstić information content (AvgIpc) is 2.37. The summed E-state index contributed by atoms with van der Waals surface area (Å²) in [6.07, 6.45) is 0. The molecular weight excluding hydrogens is 246 g/mol. The van der Waals surface area contributed by atoms with E-state index in [1.165, 1.54) is 6.07 Å². The molecule has 1 aromatic rings. The van der Waals surface area contributed by atoms with E-state index in [9.17, 15) is 10.1 Å². The van der Waals surface area contributed by atoms with Crippen LogP contribution < -0.4 is 5.73 Å². The first-order chi connectivity index (χ1) is 8.99. The quantitative estimate of drug-likeness (QED) is 0.464. The Labute approximate surface area is 113 Å². The number of nitrogens with zero attached hydrogens (tertiary/aromatic N) is 2. The number of anilines is 1. The molecule has 0 aromatic heterocycles. The lowest BCUT2D eigenvalue weighted by molar-refractivity contribution is -0.384. The van der Waals surface area contributed by atoms with Gasteiger partial charge in [0, 0.05) is 25.8 Å². The van der Waals surface area contributed by atoms with E-state index in [-0.39, 0.29) is 17.4 Å². The summed E-state index contributed by atoms with van der Waals surface area (Å²) in [7, 11) is 1.67. The van der Waals surface area contributed by atoms with Crippen LogP contribution >= 0.6 is 0 Å². The van der Waals surface area contributed by atoms with Crippen LogP contribution in [-0.2, 0) is 11.3 Å². The van der Waals surface area contributed by atoms with Gasteiger partial charge in [-0.05, 0) is 25.1 Å². The van der Waals surface area contributed by atoms with Crippen molar-refractivity contribution in [3.8, 4) is 0 Å². The first kappa shape index (κ1) is 15.4. The third-order valence-electron chi connectivity index (χ3n) is 3.11. The van der Waals surface area contributed by atoms with E-state index in [0.29, 0.717) is 13.2 Å². The van der Waals surface area contributed by atoms with Crippen LogP contribution in [0, 0.1) is 10.1 Å². The van der Waals surface area contributed by atoms with E-state index in [0.717, 1.165) is 12.1 Å². The number of nitrogen functional groups attached to an aromatic ring is 1. The van der Waals surface area contributed by atoms with Crippen molar-refractivity contribution >= 4 is 11.4 Å². The second-order valence-corrected chi connectivity index (χ2v) is 4.52. The van der Waals surface area contributed by atoms with Crippen LogP contribution in [0.1, 0.15) is 19.4 Å². The first-order valence-corrected chi connectivity index (χ1v) is 6.25. The van der Waals surface area contributed by atoms with Gasteiger partial charge in [-0.3, -0.25) is 15.0 Å². The van der Waals surface area contributed by atoms with Gasteiger partial charge in [-0.1, -0.05) is 13.0 Å². The molecule has 0 fully saturated rings. The highest BCUT2D eigenvalue weighted by atomic mass is 16.6. The lowest BCUT2D eigenvalue weighted by Gasteiger charge is -2.27. The maximum atomic E-state index is 10.9. The topological polar surface area (TPSA) is 81.6 Å². The lowest BCUT2D eigenvalue weighted by atomic mass is 10.1. The molecule has 1 atom stereocenters. The van der Waals surface area contributed by atoms with Crippen molar-refractivity contribution in [1.29, 1.82) is 0 Å². The van der Waals surface area contributed by atoms with E-state index >= 15 is 0 Å². The summed E-state index contributed by atoms with van der Waals surface area (Å²) in [5, 5.41) is 10.9. The number of nitrogens with two attached hydrogens (primary N) is 1. The van der Waals surface area contributed by atoms with Crippen molar-refractivity contribution in [1.82, 2.24) is 4.90 Å². The van der Waals surface area contributed by atoms with Crippen LogP contribution in [0.2, 0.25) is 0 Å². The number of ether oxygens (including phenoxy) is 1. The molecule has 0 spiro atoms. The Morgan fingerprint density at radius 1 is 1.53 bits per heavy atom. The fourth-order valence-electron chi connectivity index (χ4n) is 2.01. The zero-order chi connectivity index (χ0) is 14.4. The second kappa shape index (κ2) is 7.06. The molecule has 0 heterocycles. The molecule has 1 rings (SSSR count). The minimum Gasteiger partial charge on any atom is -0.393 e. The van der Waals surface area contributed by atoms with Crippen LogP contribution in [0.4, 0.5) is 11.4 Å². The average molecular weight is 267 g/mol. The van der Waals surface area contributed by atoms with Crippen LogP contribution in [0.25, 0.3) is 0 Å². The molecule has 0 bridgehead atoms. The van der Waals surface area contributed by atoms with Crippen molar-refractivity contribution < 1.29 is 9.66 Å². The minimum absolute atomic E-state index is 0.0343. The molecular formula is C13H21N3O3. The van der Waals surface area contributed by atoms with Crippen molar-refractivity contribution in [2.75, 3.05) is 26.0 Å². The van der Waals surface area contributed by atoms with Crippen LogP contribution in [0.5, 0.6) is 0 Å². The summed E-state index contributed by atoms with van der Waals surface area (Å²) in [5.41, 5.74) is 6.63. The molecule has 19 heavy (non-hydrogen) atoms. The van der Waals surface area contributed by atoms with Gasteiger partial charge in [0.15, 0.2) is 0 Å². The molecule has 106 valence electrons. The third kappa shape index (κ3) is 4.18. The Morgan fingerprint density at radius 2 is 2.21 bits per heavy atom. The van der Waals surface area contributed by atoms with Gasteiger partial charge in [-0.15, -0.1) is 0 Å². The number of hydrogen-bond donors (Lipinski definition) is 1. The molecule has 0 saturated heterocycles. The highest BCUT2D eigenvalue weighted by Gasteiger charge is 2.16. The standard InChI is InChI=1S/C13H21N3O3/c1-4-15(10(2)9-19-3)8-11-5-6-12(14)13(7-11)16(17)18/h5-7,10H,4,8-9,14H2,1-3H3. The molecule has 0 aliphatic carbocycles. The number of nitro benzene ring substituents is 1. The van der Waals surface area contributed by atoms with Crippen LogP contribution in [-0.4, -0.2) is 36.1 Å². The van der Waals surface area contributed by atoms with Gasteiger partial charge >= 0.3 is 0 Å². The molecule has 0 saturated carbocycles. The SMILES string of the molecule is CCN(Cc1ccc(N)c([N+](=O)[O-])c1)C(C)COC. The van der Waals surface area contributed by atoms with E-state index in [2.05, 4.69) is 18.7 Å². The number of hydrogen-bond acceptors (Lipinski definition) is 5. The normalized spacial score (nSPS) is 12.6. The van der Waals surface area contributed by atoms with Gasteiger partial charge in [0.05, 0.1) is 11.5 Å². The van der Waals surface area contributed by atoms with Gasteiger partial charge in [-0.25, -0.2) is 0 Å². The Balaban J connectivity index is 2.85. The fraction of sp³-hybridized carbons (Fsp3) is 0.538. The summed E-state index contributed by atoms with van der Waals surface area (Å²) in [6.45, 7) is 6.24. The number of nitro groups is 1. The Morgan fingerprint density at radius 3 is 2.74 bits per heavy atom. The summed E-state index contributed by atoms with van der Waals surface area (Å²) < 4.78 is 5.14. The van der Waals surface area contributed by atoms with Gasteiger partial charge in [0.25, 0.3) is 5.69 Å². The predicted octanol–water partition coefficient (Wildman–Crippen LogP) is 2.03. The van der Waals surface area contributed by atoms with Crippen molar-refractivity contribution in [2.45, 2.75) is 26.4 Å². The molecule has 1 aromatic carbocycles. The highest BCUT2D eigenvalue weighted by molar-refractivity contribution is 5.59. The van der Waals surface area contributed by atoms with Crippen molar-refractivity contribution in [2.24, 2.45) is 0 Å². The van der Waals surface area contributed by atoms with Gasteiger partial charge in [0.1, 0.15) is 5.69 Å². The number of methoxy groups -OCH3 is 1. The summed E-state index contributed by atoms with van der Waals surface area (Å²) in [4.78, 5) is 12.6. The van der Waals surface area contributed by atoms with E-state index < -0.39 is 4.92 Å². The van der Waals surface area contributed by atoms with Crippen LogP contribution in [0.3, 0.4) is 0 Å². The largest absolute Gasteiger partial charge is 0.393 e. The maximum Gasteiger partial charge on any atom is 0.292 e. The Bertz CT molecular complexity index is 437. The minimum atomic E-state index is -0.451. The smallest absolute Gasteiger partial charge is 0.292 e. The van der Waals surface area contributed by atoms with Crippen LogP contribution in [0.15, 0.2) is 18.2 Å². The number of rotatable bonds is 7. The lowest BCUT2D eigenvalue weighted by Crippen LogP contribution is -2.35. The van der Waals surface area contributed by atoms with Gasteiger partial charge in [-0.2, -0.15) is 0 Å². The molecule has 0 radical (unpaired) electrons. The third-order valence-corrected chi connectivity index (χ3v) is 3.11. The molecule has 6 heteroatoms. The second-order valence-electron chi connectivity index (χ2n) is 4.52. The number of benzene rings is 1. The maximum absolute atomic E-state index is 10.9. The predicted molar refractivity (Wildman–Crippen MR) is 74.9 cm³/mol. The van der Waals surface area contributed by atoms with E-state index in [1.807, 2.05) is 6.07 Å². The Hall–Kier alpha value is -1.66. The van der Waals surface area contributed by atoms with E-state index in [4.69, 9.17) is 10.5 Å². The summed E-state index contributed by atoms with van der Waals surface area (Å²) >= 11 is 0. The summed E-state index contributed by atoms with van der Waals surface area (Å²) in [6, 6.07) is 5.20. The molecule has 0 aliphatic heterocycles. The van der Waals surface area contributed by atoms with Crippen molar-refractivity contribution in [3.05, 3.63) is 33.9 Å². The molecule has 1 unspecified atom stereocenters. The van der Waals surface area contributed by atoms with Gasteiger partial charge < -0.3 is 10.5 Å². The monoisotopic (exact) mass is 267 g/mol. The van der Waals surface area contributed by atoms with Gasteiger partial charge in [0.2, 0.25) is 0 Å². The molecule has 0 amide bonds. The zero-order valence-electron chi connectivity index (χ0n) is 11.6. The zero-order valence-corrected chi connectivity index (χ0v) is 11.6. The molecule has 6 nitrogen and oxygen atoms in total. The van der Waals surface area contributed by atoms with E-state index in [1.54, 1.807) is 13.2 Å². The first-order valence-electron chi connectivity index (χ1n) is 6.25. The fourth-order valence-corrected chi connectivity index (χ4v) is 2.01. The van der Waals surface area contributed by atoms with Crippen molar-refractivity contribution in [3.63, 3.8) is 0 Å². The summed E-state index contributed by atoms with van der Waals surface area (Å²) in [5.74, 6) is 0. The highest BCUT2D eigenvalue weighted by Crippen LogP contribution is 2.23. The molecule has 2 N–H and O–H groups in total. The number of likely N-dealkylation sites (N-methyl/N-ethyl adjacent to an activating group) is 1.